The molecule has 3 heterocycles. The van der Waals surface area contributed by atoms with Crippen LogP contribution in [0.15, 0.2) is 53.9 Å². The summed E-state index contributed by atoms with van der Waals surface area (Å²) in [4.78, 5) is 18.8. The maximum atomic E-state index is 12.8. The molecule has 2 aromatic heterocycles. The van der Waals surface area contributed by atoms with E-state index in [4.69, 9.17) is 0 Å². The molecule has 27 heavy (non-hydrogen) atoms. The molecule has 7 heteroatoms. The number of rotatable bonds is 5. The summed E-state index contributed by atoms with van der Waals surface area (Å²) in [6.07, 6.45) is 6.73. The van der Waals surface area contributed by atoms with Crippen molar-refractivity contribution >= 4 is 23.4 Å². The summed E-state index contributed by atoms with van der Waals surface area (Å²) < 4.78 is 2.19. The lowest BCUT2D eigenvalue weighted by Crippen LogP contribution is -2.30. The van der Waals surface area contributed by atoms with Gasteiger partial charge in [0.1, 0.15) is 0 Å². The van der Waals surface area contributed by atoms with Crippen LogP contribution in [0, 0.1) is 0 Å². The van der Waals surface area contributed by atoms with Gasteiger partial charge in [0.2, 0.25) is 5.91 Å². The number of pyridine rings is 1. The highest BCUT2D eigenvalue weighted by molar-refractivity contribution is 7.99. The fourth-order valence-corrected chi connectivity index (χ4v) is 4.42. The highest BCUT2D eigenvalue weighted by Crippen LogP contribution is 2.41. The zero-order valence-corrected chi connectivity index (χ0v) is 15.6. The minimum absolute atomic E-state index is 0.126. The van der Waals surface area contributed by atoms with Crippen molar-refractivity contribution < 1.29 is 4.79 Å². The molecular formula is C20H19N5OS. The first-order valence-electron chi connectivity index (χ1n) is 9.17. The first-order valence-corrected chi connectivity index (χ1v) is 10.2. The fourth-order valence-electron chi connectivity index (χ4n) is 3.54. The molecule has 6 nitrogen and oxygen atoms in total. The second-order valence-electron chi connectivity index (χ2n) is 6.86. The fraction of sp³-hybridized carbons (Fsp3) is 0.300. The highest BCUT2D eigenvalue weighted by atomic mass is 32.2. The Kier molecular flexibility index (Phi) is 4.16. The van der Waals surface area contributed by atoms with Crippen molar-refractivity contribution in [1.82, 2.24) is 19.7 Å². The quantitative estimate of drug-likeness (QED) is 0.638. The minimum Gasteiger partial charge on any atom is -0.311 e. The maximum Gasteiger partial charge on any atom is 0.237 e. The average Bonchev–Trinajstić information content (AvgIpc) is 3.31. The third kappa shape index (κ3) is 3.12. The number of carbonyl (C=O) groups is 1. The summed E-state index contributed by atoms with van der Waals surface area (Å²) >= 11 is 1.48. The molecule has 1 aromatic carbocycles. The minimum atomic E-state index is 0.126. The molecule has 136 valence electrons. The first kappa shape index (κ1) is 16.5. The van der Waals surface area contributed by atoms with Crippen LogP contribution in [0.1, 0.15) is 24.4 Å². The number of amides is 1. The molecule has 5 rings (SSSR count). The van der Waals surface area contributed by atoms with Crippen LogP contribution >= 0.6 is 11.8 Å². The van der Waals surface area contributed by atoms with Crippen LogP contribution in [0.25, 0.3) is 11.4 Å². The number of thioether (sulfide) groups is 1. The van der Waals surface area contributed by atoms with Gasteiger partial charge in [0.05, 0.1) is 5.75 Å². The van der Waals surface area contributed by atoms with Crippen molar-refractivity contribution in [1.29, 1.82) is 0 Å². The van der Waals surface area contributed by atoms with E-state index in [0.717, 1.165) is 48.0 Å². The van der Waals surface area contributed by atoms with Gasteiger partial charge in [-0.1, -0.05) is 30.0 Å². The summed E-state index contributed by atoms with van der Waals surface area (Å²) in [7, 11) is 0. The van der Waals surface area contributed by atoms with Gasteiger partial charge in [0.25, 0.3) is 0 Å². The predicted octanol–water partition coefficient (Wildman–Crippen LogP) is 3.36. The molecule has 1 aliphatic heterocycles. The summed E-state index contributed by atoms with van der Waals surface area (Å²) in [5.41, 5.74) is 3.30. The monoisotopic (exact) mass is 377 g/mol. The third-order valence-corrected chi connectivity index (χ3v) is 5.96. The number of para-hydroxylation sites is 1. The number of aromatic nitrogens is 4. The van der Waals surface area contributed by atoms with Crippen molar-refractivity contribution in [2.75, 3.05) is 17.2 Å². The molecule has 0 bridgehead atoms. The van der Waals surface area contributed by atoms with Crippen LogP contribution in [-0.4, -0.2) is 38.0 Å². The number of anilines is 1. The van der Waals surface area contributed by atoms with Crippen molar-refractivity contribution in [2.24, 2.45) is 0 Å². The van der Waals surface area contributed by atoms with Crippen molar-refractivity contribution in [3.05, 3.63) is 54.4 Å². The standard InChI is InChI=1S/C20H19N5OS/c26-18(24-12-9-14-3-1-2-4-17(14)24)13-27-20-23-22-19(25(20)16-5-6-16)15-7-10-21-11-8-15/h1-4,7-8,10-11,16H,5-6,9,12-13H2. The normalized spacial score (nSPS) is 15.8. The third-order valence-electron chi connectivity index (χ3n) is 5.03. The molecule has 0 N–H and O–H groups in total. The molecule has 1 saturated carbocycles. The zero-order chi connectivity index (χ0) is 18.2. The molecule has 2 aliphatic rings. The lowest BCUT2D eigenvalue weighted by atomic mass is 10.2. The lowest BCUT2D eigenvalue weighted by molar-refractivity contribution is -0.116. The Bertz CT molecular complexity index is 983. The van der Waals surface area contributed by atoms with Crippen LogP contribution in [0.3, 0.4) is 0 Å². The number of carbonyl (C=O) groups excluding carboxylic acids is 1. The van der Waals surface area contributed by atoms with Gasteiger partial charge in [-0.2, -0.15) is 0 Å². The van der Waals surface area contributed by atoms with Crippen LogP contribution < -0.4 is 4.90 Å². The van der Waals surface area contributed by atoms with E-state index in [9.17, 15) is 4.79 Å². The second kappa shape index (κ2) is 6.81. The lowest BCUT2D eigenvalue weighted by Gasteiger charge is -2.17. The molecule has 3 aromatic rings. The zero-order valence-electron chi connectivity index (χ0n) is 14.8. The Morgan fingerprint density at radius 2 is 1.93 bits per heavy atom. The number of benzene rings is 1. The van der Waals surface area contributed by atoms with Crippen molar-refractivity contribution in [3.8, 4) is 11.4 Å². The SMILES string of the molecule is O=C(CSc1nnc(-c2ccncc2)n1C1CC1)N1CCc2ccccc21. The van der Waals surface area contributed by atoms with Gasteiger partial charge in [-0.3, -0.25) is 14.3 Å². The number of fused-ring (bicyclic) bond motifs is 1. The van der Waals surface area contributed by atoms with Crippen LogP contribution in [0.2, 0.25) is 0 Å². The topological polar surface area (TPSA) is 63.9 Å². The number of hydrogen-bond acceptors (Lipinski definition) is 5. The average molecular weight is 377 g/mol. The van der Waals surface area contributed by atoms with E-state index < -0.39 is 0 Å². The van der Waals surface area contributed by atoms with Gasteiger partial charge in [0.15, 0.2) is 11.0 Å². The van der Waals surface area contributed by atoms with Gasteiger partial charge >= 0.3 is 0 Å². The van der Waals surface area contributed by atoms with Crippen molar-refractivity contribution in [2.45, 2.75) is 30.5 Å². The van der Waals surface area contributed by atoms with E-state index in [1.54, 1.807) is 12.4 Å². The summed E-state index contributed by atoms with van der Waals surface area (Å²) in [6, 6.07) is 12.5. The Balaban J connectivity index is 1.35. The van der Waals surface area contributed by atoms with E-state index in [-0.39, 0.29) is 5.91 Å². The molecule has 1 amide bonds. The van der Waals surface area contributed by atoms with Crippen LogP contribution in [-0.2, 0) is 11.2 Å². The summed E-state index contributed by atoms with van der Waals surface area (Å²) in [5, 5.41) is 9.60. The Morgan fingerprint density at radius 3 is 2.74 bits per heavy atom. The van der Waals surface area contributed by atoms with Crippen LogP contribution in [0.5, 0.6) is 0 Å². The number of hydrogen-bond donors (Lipinski definition) is 0. The largest absolute Gasteiger partial charge is 0.311 e. The summed E-state index contributed by atoms with van der Waals surface area (Å²) in [5.74, 6) is 1.36. The van der Waals surface area contributed by atoms with E-state index >= 15 is 0 Å². The van der Waals surface area contributed by atoms with Crippen molar-refractivity contribution in [3.63, 3.8) is 0 Å². The summed E-state index contributed by atoms with van der Waals surface area (Å²) in [6.45, 7) is 0.760. The Morgan fingerprint density at radius 1 is 1.11 bits per heavy atom. The van der Waals surface area contributed by atoms with Gasteiger partial charge in [-0.15, -0.1) is 10.2 Å². The second-order valence-corrected chi connectivity index (χ2v) is 7.80. The van der Waals surface area contributed by atoms with E-state index in [0.29, 0.717) is 11.8 Å². The Labute approximate surface area is 161 Å². The Hall–Kier alpha value is -2.67. The smallest absolute Gasteiger partial charge is 0.237 e. The van der Waals surface area contributed by atoms with Gasteiger partial charge in [-0.05, 0) is 43.0 Å². The molecule has 0 saturated heterocycles. The predicted molar refractivity (Wildman–Crippen MR) is 105 cm³/mol. The van der Waals surface area contributed by atoms with Gasteiger partial charge in [0, 0.05) is 36.2 Å². The molecule has 1 aliphatic carbocycles. The number of nitrogens with zero attached hydrogens (tertiary/aromatic N) is 5. The van der Waals surface area contributed by atoms with Gasteiger partial charge < -0.3 is 4.90 Å². The van der Waals surface area contributed by atoms with E-state index in [1.807, 2.05) is 35.2 Å². The van der Waals surface area contributed by atoms with E-state index in [2.05, 4.69) is 25.8 Å². The molecule has 0 unspecified atom stereocenters. The first-order chi connectivity index (χ1) is 13.3. The molecule has 1 fully saturated rings. The van der Waals surface area contributed by atoms with Crippen LogP contribution in [0.4, 0.5) is 5.69 Å². The van der Waals surface area contributed by atoms with E-state index in [1.165, 1.54) is 17.3 Å². The molecule has 0 atom stereocenters. The molecular weight excluding hydrogens is 358 g/mol. The maximum absolute atomic E-state index is 12.8. The molecule has 0 radical (unpaired) electrons. The highest BCUT2D eigenvalue weighted by Gasteiger charge is 2.31. The van der Waals surface area contributed by atoms with Gasteiger partial charge in [-0.25, -0.2) is 0 Å². The molecule has 0 spiro atoms.